The van der Waals surface area contributed by atoms with Gasteiger partial charge in [-0.15, -0.1) is 0 Å². The third-order valence-corrected chi connectivity index (χ3v) is 10.8. The molecule has 0 spiro atoms. The first-order chi connectivity index (χ1) is 27.3. The Labute approximate surface area is 317 Å². The van der Waals surface area contributed by atoms with Crippen molar-refractivity contribution >= 4 is 54.1 Å². The molecule has 0 radical (unpaired) electrons. The maximum absolute atomic E-state index is 5.36. The van der Waals surface area contributed by atoms with Gasteiger partial charge in [-0.2, -0.15) is 9.97 Å². The van der Waals surface area contributed by atoms with Gasteiger partial charge in [0, 0.05) is 27.5 Å². The van der Waals surface area contributed by atoms with Crippen molar-refractivity contribution in [3.8, 4) is 51.0 Å². The molecule has 0 fully saturated rings. The van der Waals surface area contributed by atoms with Gasteiger partial charge in [0.25, 0.3) is 0 Å². The Morgan fingerprint density at radius 3 is 1.51 bits per heavy atom. The van der Waals surface area contributed by atoms with Crippen LogP contribution in [0.4, 0.5) is 0 Å². The maximum Gasteiger partial charge on any atom is 0.238 e. The van der Waals surface area contributed by atoms with E-state index in [4.69, 9.17) is 15.0 Å². The monoisotopic (exact) mass is 700 g/mol. The number of rotatable bonds is 5. The van der Waals surface area contributed by atoms with Crippen molar-refractivity contribution in [1.82, 2.24) is 19.5 Å². The van der Waals surface area contributed by atoms with Gasteiger partial charge in [-0.3, -0.25) is 4.57 Å². The minimum Gasteiger partial charge on any atom is -0.277 e. The summed E-state index contributed by atoms with van der Waals surface area (Å²) in [6.45, 7) is 0. The number of hydrogen-bond donors (Lipinski definition) is 0. The zero-order valence-electron chi connectivity index (χ0n) is 29.8. The molecule has 2 heterocycles. The van der Waals surface area contributed by atoms with Crippen molar-refractivity contribution in [2.45, 2.75) is 0 Å². The van der Waals surface area contributed by atoms with E-state index in [-0.39, 0.29) is 0 Å². The van der Waals surface area contributed by atoms with E-state index in [1.54, 1.807) is 0 Å². The highest BCUT2D eigenvalue weighted by molar-refractivity contribution is 6.25. The fourth-order valence-corrected chi connectivity index (χ4v) is 8.31. The van der Waals surface area contributed by atoms with Gasteiger partial charge in [0.05, 0.1) is 11.0 Å². The Balaban J connectivity index is 1.19. The maximum atomic E-state index is 5.36. The number of fused-ring (bicyclic) bond motifs is 9. The largest absolute Gasteiger partial charge is 0.277 e. The minimum absolute atomic E-state index is 0.574. The van der Waals surface area contributed by atoms with Gasteiger partial charge in [0.2, 0.25) is 5.95 Å². The van der Waals surface area contributed by atoms with E-state index in [2.05, 4.69) is 180 Å². The van der Waals surface area contributed by atoms with Gasteiger partial charge in [0.15, 0.2) is 11.6 Å². The molecule has 0 N–H and O–H groups in total. The summed E-state index contributed by atoms with van der Waals surface area (Å²) in [7, 11) is 0. The first-order valence-electron chi connectivity index (χ1n) is 18.6. The number of nitrogens with zero attached hydrogens (tertiary/aromatic N) is 4. The molecule has 0 aliphatic carbocycles. The molecule has 11 rings (SSSR count). The van der Waals surface area contributed by atoms with Crippen LogP contribution in [-0.2, 0) is 0 Å². The third kappa shape index (κ3) is 5.11. The van der Waals surface area contributed by atoms with E-state index in [1.165, 1.54) is 43.4 Å². The molecule has 256 valence electrons. The van der Waals surface area contributed by atoms with Crippen LogP contribution in [-0.4, -0.2) is 19.5 Å². The van der Waals surface area contributed by atoms with Crippen molar-refractivity contribution in [2.24, 2.45) is 0 Å². The van der Waals surface area contributed by atoms with Crippen LogP contribution < -0.4 is 0 Å². The van der Waals surface area contributed by atoms with E-state index in [0.717, 1.165) is 44.1 Å². The predicted octanol–water partition coefficient (Wildman–Crippen LogP) is 13.1. The minimum atomic E-state index is 0.574. The summed E-state index contributed by atoms with van der Waals surface area (Å²) in [5.41, 5.74) is 8.55. The smallest absolute Gasteiger partial charge is 0.238 e. The Kier molecular flexibility index (Phi) is 7.14. The van der Waals surface area contributed by atoms with Crippen molar-refractivity contribution in [3.05, 3.63) is 194 Å². The first-order valence-corrected chi connectivity index (χ1v) is 18.6. The highest BCUT2D eigenvalue weighted by atomic mass is 15.2. The Bertz CT molecular complexity index is 3220. The molecule has 2 aromatic heterocycles. The van der Waals surface area contributed by atoms with Crippen LogP contribution in [0, 0.1) is 0 Å². The summed E-state index contributed by atoms with van der Waals surface area (Å²) in [5, 5.41) is 9.60. The zero-order chi connectivity index (χ0) is 36.3. The molecule has 9 aromatic carbocycles. The van der Waals surface area contributed by atoms with Crippen LogP contribution in [0.15, 0.2) is 194 Å². The van der Waals surface area contributed by atoms with Gasteiger partial charge in [0.1, 0.15) is 0 Å². The topological polar surface area (TPSA) is 43.6 Å². The fourth-order valence-electron chi connectivity index (χ4n) is 8.31. The number of aromatic nitrogens is 4. The molecule has 0 atom stereocenters. The van der Waals surface area contributed by atoms with Crippen molar-refractivity contribution in [1.29, 1.82) is 0 Å². The molecule has 0 unspecified atom stereocenters. The molecule has 11 aromatic rings. The molecule has 0 aliphatic heterocycles. The van der Waals surface area contributed by atoms with Crippen LogP contribution in [0.5, 0.6) is 0 Å². The van der Waals surface area contributed by atoms with E-state index in [1.807, 2.05) is 18.2 Å². The highest BCUT2D eigenvalue weighted by Crippen LogP contribution is 2.40. The summed E-state index contributed by atoms with van der Waals surface area (Å²) in [6, 6.07) is 68.6. The fraction of sp³-hybridized carbons (Fsp3) is 0. The second-order valence-electron chi connectivity index (χ2n) is 14.0. The van der Waals surface area contributed by atoms with Crippen LogP contribution in [0.25, 0.3) is 105 Å². The van der Waals surface area contributed by atoms with Crippen molar-refractivity contribution in [3.63, 3.8) is 0 Å². The summed E-state index contributed by atoms with van der Waals surface area (Å²) in [5.74, 6) is 1.82. The highest BCUT2D eigenvalue weighted by Gasteiger charge is 2.21. The lowest BCUT2D eigenvalue weighted by Gasteiger charge is -2.14. The molecule has 0 amide bonds. The summed E-state index contributed by atoms with van der Waals surface area (Å²) < 4.78 is 2.23. The van der Waals surface area contributed by atoms with Gasteiger partial charge in [-0.25, -0.2) is 4.98 Å². The normalized spacial score (nSPS) is 11.6. The van der Waals surface area contributed by atoms with Crippen LogP contribution in [0.2, 0.25) is 0 Å². The summed E-state index contributed by atoms with van der Waals surface area (Å²) >= 11 is 0. The lowest BCUT2D eigenvalue weighted by Crippen LogP contribution is -2.07. The molecule has 4 heteroatoms. The van der Waals surface area contributed by atoms with Gasteiger partial charge in [-0.05, 0) is 67.2 Å². The summed E-state index contributed by atoms with van der Waals surface area (Å²) in [4.78, 5) is 15.8. The Morgan fingerprint density at radius 2 is 0.800 bits per heavy atom. The van der Waals surface area contributed by atoms with Crippen molar-refractivity contribution in [2.75, 3.05) is 0 Å². The number of para-hydroxylation sites is 2. The Morgan fingerprint density at radius 1 is 0.291 bits per heavy atom. The first kappa shape index (κ1) is 31.1. The van der Waals surface area contributed by atoms with E-state index in [0.29, 0.717) is 17.6 Å². The average molecular weight is 701 g/mol. The van der Waals surface area contributed by atoms with Gasteiger partial charge in [-0.1, -0.05) is 176 Å². The molecule has 0 saturated heterocycles. The quantitative estimate of drug-likeness (QED) is 0.168. The lowest BCUT2D eigenvalue weighted by atomic mass is 9.93. The van der Waals surface area contributed by atoms with E-state index in [9.17, 15) is 0 Å². The predicted molar refractivity (Wildman–Crippen MR) is 228 cm³/mol. The standard InChI is InChI=1S/C51H32N4/c1-3-15-33(16-4-1)35-19-13-20-36(31-35)38-26-14-27-45-44-25-11-12-28-47(44)55(48(38)45)51-53-49(34-17-5-2-6-18-34)52-50(54-51)37-29-30-43-41-23-8-7-21-39(41)40-22-9-10-24-42(40)46(43)32-37/h1-32H. The van der Waals surface area contributed by atoms with Crippen molar-refractivity contribution < 1.29 is 0 Å². The SMILES string of the molecule is c1ccc(-c2cccc(-c3cccc4c5ccccc5n(-c5nc(-c6ccccc6)nc(-c6ccc7c8ccccc8c8ccccc8c7c6)n5)c34)c2)cc1. The van der Waals surface area contributed by atoms with E-state index < -0.39 is 0 Å². The van der Waals surface area contributed by atoms with Crippen LogP contribution in [0.1, 0.15) is 0 Å². The molecular weight excluding hydrogens is 669 g/mol. The molecule has 4 nitrogen and oxygen atoms in total. The Hall–Kier alpha value is -7.43. The summed E-state index contributed by atoms with van der Waals surface area (Å²) in [6.07, 6.45) is 0. The third-order valence-electron chi connectivity index (χ3n) is 10.8. The van der Waals surface area contributed by atoms with Crippen LogP contribution in [0.3, 0.4) is 0 Å². The molecular formula is C51H32N4. The molecule has 0 aliphatic rings. The van der Waals surface area contributed by atoms with Crippen LogP contribution >= 0.6 is 0 Å². The lowest BCUT2D eigenvalue weighted by molar-refractivity contribution is 0.954. The molecule has 55 heavy (non-hydrogen) atoms. The number of benzene rings is 9. The zero-order valence-corrected chi connectivity index (χ0v) is 29.8. The molecule has 0 bridgehead atoms. The molecule has 0 saturated carbocycles. The average Bonchev–Trinajstić information content (AvgIpc) is 3.61. The van der Waals surface area contributed by atoms with Gasteiger partial charge < -0.3 is 0 Å². The second-order valence-corrected chi connectivity index (χ2v) is 14.0. The van der Waals surface area contributed by atoms with Gasteiger partial charge >= 0.3 is 0 Å². The van der Waals surface area contributed by atoms with E-state index >= 15 is 0 Å². The second kappa shape index (κ2) is 12.6. The number of hydrogen-bond acceptors (Lipinski definition) is 3.